The Kier molecular flexibility index (Phi) is 4.30. The van der Waals surface area contributed by atoms with Crippen molar-refractivity contribution in [1.82, 2.24) is 0 Å². The minimum Gasteiger partial charge on any atom is -0.493 e. The van der Waals surface area contributed by atoms with E-state index in [9.17, 15) is 0 Å². The molecule has 0 atom stereocenters. The van der Waals surface area contributed by atoms with Crippen molar-refractivity contribution in [3.8, 4) is 22.6 Å². The predicted molar refractivity (Wildman–Crippen MR) is 82.3 cm³/mol. The molecular weight excluding hydrogens is 250 g/mol. The Bertz CT molecular complexity index is 621. The number of hydrogen-bond donors (Lipinski definition) is 1. The fourth-order valence-electron chi connectivity index (χ4n) is 2.37. The third-order valence-corrected chi connectivity index (χ3v) is 3.51. The zero-order valence-electron chi connectivity index (χ0n) is 12.5. The summed E-state index contributed by atoms with van der Waals surface area (Å²) in [4.78, 5) is 0. The summed E-state index contributed by atoms with van der Waals surface area (Å²) >= 11 is 0. The first-order valence-electron chi connectivity index (χ1n) is 6.63. The molecule has 2 N–H and O–H groups in total. The summed E-state index contributed by atoms with van der Waals surface area (Å²) in [5.41, 5.74) is 11.7. The van der Waals surface area contributed by atoms with Gasteiger partial charge in [0.05, 0.1) is 14.2 Å². The first-order valence-corrected chi connectivity index (χ1v) is 6.63. The van der Waals surface area contributed by atoms with E-state index in [1.807, 2.05) is 12.1 Å². The van der Waals surface area contributed by atoms with Crippen LogP contribution in [0.2, 0.25) is 0 Å². The third kappa shape index (κ3) is 2.63. The SMILES string of the molecule is COc1cc(CN)c(-c2cc(C)ccc2C)cc1OC. The average molecular weight is 271 g/mol. The number of hydrogen-bond acceptors (Lipinski definition) is 3. The van der Waals surface area contributed by atoms with E-state index in [4.69, 9.17) is 15.2 Å². The van der Waals surface area contributed by atoms with Crippen LogP contribution in [-0.4, -0.2) is 14.2 Å². The monoisotopic (exact) mass is 271 g/mol. The number of methoxy groups -OCH3 is 2. The molecule has 0 fully saturated rings. The number of ether oxygens (including phenoxy) is 2. The number of benzene rings is 2. The molecule has 2 rings (SSSR count). The molecule has 0 bridgehead atoms. The molecule has 0 aliphatic carbocycles. The highest BCUT2D eigenvalue weighted by Crippen LogP contribution is 2.37. The highest BCUT2D eigenvalue weighted by Gasteiger charge is 2.13. The van der Waals surface area contributed by atoms with Gasteiger partial charge in [-0.15, -0.1) is 0 Å². The first-order chi connectivity index (χ1) is 9.60. The molecule has 0 aromatic heterocycles. The minimum atomic E-state index is 0.461. The third-order valence-electron chi connectivity index (χ3n) is 3.51. The van der Waals surface area contributed by atoms with Crippen molar-refractivity contribution in [2.24, 2.45) is 5.73 Å². The lowest BCUT2D eigenvalue weighted by molar-refractivity contribution is 0.354. The van der Waals surface area contributed by atoms with Gasteiger partial charge in [0.1, 0.15) is 0 Å². The molecule has 106 valence electrons. The largest absolute Gasteiger partial charge is 0.493 e. The van der Waals surface area contributed by atoms with Crippen LogP contribution in [0.3, 0.4) is 0 Å². The van der Waals surface area contributed by atoms with Crippen LogP contribution in [0.1, 0.15) is 16.7 Å². The Balaban J connectivity index is 2.69. The molecule has 0 spiro atoms. The number of nitrogens with two attached hydrogens (primary N) is 1. The minimum absolute atomic E-state index is 0.461. The maximum absolute atomic E-state index is 5.89. The van der Waals surface area contributed by atoms with E-state index in [0.29, 0.717) is 12.3 Å². The highest BCUT2D eigenvalue weighted by atomic mass is 16.5. The first kappa shape index (κ1) is 14.4. The van der Waals surface area contributed by atoms with Gasteiger partial charge in [0, 0.05) is 6.54 Å². The molecular formula is C17H21NO2. The van der Waals surface area contributed by atoms with Gasteiger partial charge in [-0.1, -0.05) is 23.8 Å². The second kappa shape index (κ2) is 5.97. The van der Waals surface area contributed by atoms with Crippen molar-refractivity contribution >= 4 is 0 Å². The highest BCUT2D eigenvalue weighted by molar-refractivity contribution is 5.74. The molecule has 0 saturated carbocycles. The van der Waals surface area contributed by atoms with E-state index in [-0.39, 0.29) is 0 Å². The maximum atomic E-state index is 5.89. The summed E-state index contributed by atoms with van der Waals surface area (Å²) < 4.78 is 10.7. The van der Waals surface area contributed by atoms with Gasteiger partial charge in [0.25, 0.3) is 0 Å². The van der Waals surface area contributed by atoms with Crippen LogP contribution in [0.5, 0.6) is 11.5 Å². The van der Waals surface area contributed by atoms with Gasteiger partial charge in [-0.3, -0.25) is 0 Å². The molecule has 2 aromatic rings. The van der Waals surface area contributed by atoms with Gasteiger partial charge in [0.2, 0.25) is 0 Å². The van der Waals surface area contributed by atoms with Crippen LogP contribution in [-0.2, 0) is 6.54 Å². The van der Waals surface area contributed by atoms with E-state index in [0.717, 1.165) is 16.9 Å². The van der Waals surface area contributed by atoms with E-state index < -0.39 is 0 Å². The summed E-state index contributed by atoms with van der Waals surface area (Å²) in [6, 6.07) is 10.4. The molecule has 0 aliphatic rings. The standard InChI is InChI=1S/C17H21NO2/c1-11-5-6-12(2)14(7-11)15-9-17(20-4)16(19-3)8-13(15)10-18/h5-9H,10,18H2,1-4H3. The van der Waals surface area contributed by atoms with Crippen LogP contribution >= 0.6 is 0 Å². The molecule has 0 radical (unpaired) electrons. The van der Waals surface area contributed by atoms with E-state index in [1.54, 1.807) is 14.2 Å². The van der Waals surface area contributed by atoms with Gasteiger partial charge >= 0.3 is 0 Å². The Morgan fingerprint density at radius 2 is 1.55 bits per heavy atom. The lowest BCUT2D eigenvalue weighted by Crippen LogP contribution is -2.02. The van der Waals surface area contributed by atoms with Crippen molar-refractivity contribution < 1.29 is 9.47 Å². The summed E-state index contributed by atoms with van der Waals surface area (Å²) in [7, 11) is 3.28. The fourth-order valence-corrected chi connectivity index (χ4v) is 2.37. The predicted octanol–water partition coefficient (Wildman–Crippen LogP) is 3.45. The maximum Gasteiger partial charge on any atom is 0.161 e. The Morgan fingerprint density at radius 1 is 0.900 bits per heavy atom. The Hall–Kier alpha value is -2.00. The zero-order chi connectivity index (χ0) is 14.7. The molecule has 0 heterocycles. The van der Waals surface area contributed by atoms with Gasteiger partial charge in [0.15, 0.2) is 11.5 Å². The summed E-state index contributed by atoms with van der Waals surface area (Å²) in [6.07, 6.45) is 0. The molecule has 0 aliphatic heterocycles. The van der Waals surface area contributed by atoms with Crippen molar-refractivity contribution in [3.05, 3.63) is 47.0 Å². The van der Waals surface area contributed by atoms with Gasteiger partial charge in [-0.05, 0) is 48.2 Å². The summed E-state index contributed by atoms with van der Waals surface area (Å²) in [5.74, 6) is 1.43. The molecule has 0 unspecified atom stereocenters. The molecule has 20 heavy (non-hydrogen) atoms. The summed E-state index contributed by atoms with van der Waals surface area (Å²) in [5, 5.41) is 0. The Labute approximate surface area is 120 Å². The van der Waals surface area contributed by atoms with E-state index in [1.165, 1.54) is 16.7 Å². The summed E-state index contributed by atoms with van der Waals surface area (Å²) in [6.45, 7) is 4.65. The Morgan fingerprint density at radius 3 is 2.15 bits per heavy atom. The van der Waals surface area contributed by atoms with Crippen molar-refractivity contribution in [1.29, 1.82) is 0 Å². The lowest BCUT2D eigenvalue weighted by Gasteiger charge is -2.16. The molecule has 3 nitrogen and oxygen atoms in total. The molecule has 0 saturated heterocycles. The number of rotatable bonds is 4. The van der Waals surface area contributed by atoms with Crippen molar-refractivity contribution in [3.63, 3.8) is 0 Å². The van der Waals surface area contributed by atoms with Crippen molar-refractivity contribution in [2.75, 3.05) is 14.2 Å². The quantitative estimate of drug-likeness (QED) is 0.926. The average Bonchev–Trinajstić information content (AvgIpc) is 2.48. The van der Waals surface area contributed by atoms with E-state index >= 15 is 0 Å². The molecule has 3 heteroatoms. The molecule has 2 aromatic carbocycles. The van der Waals surface area contributed by atoms with Crippen LogP contribution in [0.4, 0.5) is 0 Å². The molecule has 0 amide bonds. The van der Waals surface area contributed by atoms with Crippen molar-refractivity contribution in [2.45, 2.75) is 20.4 Å². The number of aryl methyl sites for hydroxylation is 2. The normalized spacial score (nSPS) is 10.4. The van der Waals surface area contributed by atoms with Crippen LogP contribution in [0, 0.1) is 13.8 Å². The second-order valence-corrected chi connectivity index (χ2v) is 4.89. The van der Waals surface area contributed by atoms with Crippen LogP contribution < -0.4 is 15.2 Å². The van der Waals surface area contributed by atoms with Crippen LogP contribution in [0.15, 0.2) is 30.3 Å². The van der Waals surface area contributed by atoms with E-state index in [2.05, 4.69) is 32.0 Å². The van der Waals surface area contributed by atoms with Crippen LogP contribution in [0.25, 0.3) is 11.1 Å². The fraction of sp³-hybridized carbons (Fsp3) is 0.294. The van der Waals surface area contributed by atoms with Gasteiger partial charge in [-0.25, -0.2) is 0 Å². The topological polar surface area (TPSA) is 44.5 Å². The smallest absolute Gasteiger partial charge is 0.161 e. The second-order valence-electron chi connectivity index (χ2n) is 4.89. The zero-order valence-corrected chi connectivity index (χ0v) is 12.5. The lowest BCUT2D eigenvalue weighted by atomic mass is 9.94. The van der Waals surface area contributed by atoms with Gasteiger partial charge in [-0.2, -0.15) is 0 Å². The van der Waals surface area contributed by atoms with Gasteiger partial charge < -0.3 is 15.2 Å².